The number of aromatic nitrogens is 4. The van der Waals surface area contributed by atoms with E-state index >= 15 is 0 Å². The van der Waals surface area contributed by atoms with Gasteiger partial charge < -0.3 is 9.80 Å². The van der Waals surface area contributed by atoms with Crippen LogP contribution in [0, 0.1) is 0 Å². The summed E-state index contributed by atoms with van der Waals surface area (Å²) in [5.41, 5.74) is -1.31. The van der Waals surface area contributed by atoms with Gasteiger partial charge in [-0.15, -0.1) is 0 Å². The fourth-order valence-corrected chi connectivity index (χ4v) is 4.61. The van der Waals surface area contributed by atoms with Gasteiger partial charge in [-0.05, 0) is 43.7 Å². The van der Waals surface area contributed by atoms with E-state index in [1.807, 2.05) is 14.0 Å². The molecule has 4 rings (SSSR count). The zero-order valence-electron chi connectivity index (χ0n) is 20.0. The number of likely N-dealkylation sites (N-methyl/N-ethyl adjacent to an activating group) is 1. The molecule has 0 bridgehead atoms. The van der Waals surface area contributed by atoms with Crippen molar-refractivity contribution in [3.8, 4) is 11.1 Å². The second-order valence-electron chi connectivity index (χ2n) is 9.11. The van der Waals surface area contributed by atoms with Crippen molar-refractivity contribution >= 4 is 5.95 Å². The van der Waals surface area contributed by atoms with Crippen molar-refractivity contribution < 1.29 is 26.3 Å². The normalized spacial score (nSPS) is 19.1. The van der Waals surface area contributed by atoms with Crippen molar-refractivity contribution in [1.82, 2.24) is 24.6 Å². The first-order valence-corrected chi connectivity index (χ1v) is 11.4. The van der Waals surface area contributed by atoms with Crippen LogP contribution in [0.4, 0.5) is 32.3 Å². The fourth-order valence-electron chi connectivity index (χ4n) is 4.61. The van der Waals surface area contributed by atoms with Crippen molar-refractivity contribution in [2.24, 2.45) is 7.05 Å². The minimum absolute atomic E-state index is 0.111. The van der Waals surface area contributed by atoms with Crippen molar-refractivity contribution in [2.45, 2.75) is 50.7 Å². The quantitative estimate of drug-likeness (QED) is 0.414. The van der Waals surface area contributed by atoms with Crippen LogP contribution < -0.4 is 4.90 Å². The second-order valence-corrected chi connectivity index (χ2v) is 9.11. The summed E-state index contributed by atoms with van der Waals surface area (Å²) in [5.74, 6) is 0.240. The highest BCUT2D eigenvalue weighted by Gasteiger charge is 2.38. The Morgan fingerprint density at radius 3 is 2.00 bits per heavy atom. The van der Waals surface area contributed by atoms with Gasteiger partial charge >= 0.3 is 12.4 Å². The molecular formula is C24H26F6N6. The Bertz CT molecular complexity index is 1150. The van der Waals surface area contributed by atoms with Crippen LogP contribution in [0.25, 0.3) is 11.1 Å². The van der Waals surface area contributed by atoms with Gasteiger partial charge in [0.25, 0.3) is 0 Å². The van der Waals surface area contributed by atoms with Crippen molar-refractivity contribution in [3.63, 3.8) is 0 Å². The molecule has 0 N–H and O–H groups in total. The lowest BCUT2D eigenvalue weighted by Gasteiger charge is -2.29. The Kier molecular flexibility index (Phi) is 7.00. The third kappa shape index (κ3) is 5.63. The number of anilines is 1. The fraction of sp³-hybridized carbons (Fsp3) is 0.458. The van der Waals surface area contributed by atoms with Gasteiger partial charge in [0.15, 0.2) is 0 Å². The Balaban J connectivity index is 1.72. The summed E-state index contributed by atoms with van der Waals surface area (Å²) in [5, 5.41) is 4.11. The summed E-state index contributed by atoms with van der Waals surface area (Å²) >= 11 is 0. The van der Waals surface area contributed by atoms with E-state index in [1.54, 1.807) is 41.4 Å². The standard InChI is InChI=1S/C24H26F6N6/c1-4-20-8-21(14-34(20)2)36(22-31-9-16(10-32-22)17-11-33-35(3)13-17)12-15-5-18(23(25,26)27)7-19(6-15)24(28,29)30/h5-7,9-11,13,20-21H,4,8,12,14H2,1-3H3/t20-,21+/m1/s1. The summed E-state index contributed by atoms with van der Waals surface area (Å²) in [6.07, 6.45) is -1.68. The smallest absolute Gasteiger partial charge is 0.332 e. The van der Waals surface area contributed by atoms with Crippen LogP contribution in [-0.4, -0.2) is 50.3 Å². The number of hydrogen-bond donors (Lipinski definition) is 0. The summed E-state index contributed by atoms with van der Waals surface area (Å²) < 4.78 is 82.2. The molecule has 0 saturated carbocycles. The molecule has 1 aliphatic heterocycles. The predicted octanol–water partition coefficient (Wildman–Crippen LogP) is 5.40. The summed E-state index contributed by atoms with van der Waals surface area (Å²) in [6, 6.07) is 1.72. The molecule has 0 aliphatic carbocycles. The molecule has 0 unspecified atom stereocenters. The Labute approximate surface area is 204 Å². The number of aryl methyl sites for hydroxylation is 1. The van der Waals surface area contributed by atoms with E-state index in [0.29, 0.717) is 18.5 Å². The highest BCUT2D eigenvalue weighted by Crippen LogP contribution is 2.37. The van der Waals surface area contributed by atoms with Gasteiger partial charge in [-0.1, -0.05) is 6.92 Å². The molecule has 6 nitrogen and oxygen atoms in total. The summed E-state index contributed by atoms with van der Waals surface area (Å²) in [6.45, 7) is 2.42. The molecule has 2 aromatic heterocycles. The maximum Gasteiger partial charge on any atom is 0.416 e. The molecule has 0 spiro atoms. The van der Waals surface area contributed by atoms with Gasteiger partial charge in [0.05, 0.1) is 17.3 Å². The lowest BCUT2D eigenvalue weighted by atomic mass is 10.0. The largest absolute Gasteiger partial charge is 0.416 e. The van der Waals surface area contributed by atoms with Crippen molar-refractivity contribution in [3.05, 3.63) is 59.7 Å². The zero-order valence-corrected chi connectivity index (χ0v) is 20.0. The summed E-state index contributed by atoms with van der Waals surface area (Å²) in [4.78, 5) is 12.7. The molecule has 1 fully saturated rings. The maximum atomic E-state index is 13.4. The predicted molar refractivity (Wildman–Crippen MR) is 122 cm³/mol. The topological polar surface area (TPSA) is 50.1 Å². The average molecular weight is 513 g/mol. The van der Waals surface area contributed by atoms with Gasteiger partial charge in [-0.3, -0.25) is 4.68 Å². The number of rotatable bonds is 6. The second kappa shape index (κ2) is 9.72. The van der Waals surface area contributed by atoms with Gasteiger partial charge in [0, 0.05) is 61.9 Å². The van der Waals surface area contributed by atoms with Gasteiger partial charge in [0.2, 0.25) is 5.95 Å². The Morgan fingerprint density at radius 2 is 1.53 bits per heavy atom. The van der Waals surface area contributed by atoms with E-state index in [9.17, 15) is 26.3 Å². The molecule has 3 aromatic rings. The molecule has 1 aliphatic rings. The van der Waals surface area contributed by atoms with Gasteiger partial charge in [0.1, 0.15) is 0 Å². The lowest BCUT2D eigenvalue weighted by Crippen LogP contribution is -2.38. The minimum atomic E-state index is -4.91. The first-order valence-electron chi connectivity index (χ1n) is 11.4. The SMILES string of the molecule is CC[C@@H]1C[C@H](N(Cc2cc(C(F)(F)F)cc(C(F)(F)F)c2)c2ncc(-c3cnn(C)c3)cn2)CN1C. The molecule has 12 heteroatoms. The monoisotopic (exact) mass is 512 g/mol. The van der Waals surface area contributed by atoms with Gasteiger partial charge in [-0.25, -0.2) is 9.97 Å². The lowest BCUT2D eigenvalue weighted by molar-refractivity contribution is -0.143. The number of alkyl halides is 6. The highest BCUT2D eigenvalue weighted by molar-refractivity contribution is 5.60. The zero-order chi connectivity index (χ0) is 26.3. The first kappa shape index (κ1) is 25.9. The molecule has 2 atom stereocenters. The average Bonchev–Trinajstić information content (AvgIpc) is 3.41. The van der Waals surface area contributed by atoms with Crippen LogP contribution in [0.15, 0.2) is 43.0 Å². The van der Waals surface area contributed by atoms with E-state index in [0.717, 1.165) is 24.1 Å². The van der Waals surface area contributed by atoms with E-state index < -0.39 is 23.5 Å². The Morgan fingerprint density at radius 1 is 0.917 bits per heavy atom. The number of halogens is 6. The third-order valence-corrected chi connectivity index (χ3v) is 6.51. The minimum Gasteiger partial charge on any atom is -0.332 e. The van der Waals surface area contributed by atoms with E-state index in [-0.39, 0.29) is 36.2 Å². The summed E-state index contributed by atoms with van der Waals surface area (Å²) in [7, 11) is 3.72. The Hall–Kier alpha value is -3.15. The number of benzene rings is 1. The number of likely N-dealkylation sites (tertiary alicyclic amines) is 1. The third-order valence-electron chi connectivity index (χ3n) is 6.51. The highest BCUT2D eigenvalue weighted by atomic mass is 19.4. The van der Waals surface area contributed by atoms with Crippen LogP contribution in [0.1, 0.15) is 36.5 Å². The van der Waals surface area contributed by atoms with E-state index in [2.05, 4.69) is 20.0 Å². The van der Waals surface area contributed by atoms with E-state index in [4.69, 9.17) is 0 Å². The molecule has 3 heterocycles. The van der Waals surface area contributed by atoms with Crippen LogP contribution >= 0.6 is 0 Å². The molecule has 1 aromatic carbocycles. The number of hydrogen-bond acceptors (Lipinski definition) is 5. The van der Waals surface area contributed by atoms with E-state index in [1.165, 1.54) is 0 Å². The number of nitrogens with zero attached hydrogens (tertiary/aromatic N) is 6. The molecule has 36 heavy (non-hydrogen) atoms. The molecule has 194 valence electrons. The van der Waals surface area contributed by atoms with Crippen molar-refractivity contribution in [2.75, 3.05) is 18.5 Å². The van der Waals surface area contributed by atoms with Crippen LogP contribution in [0.5, 0.6) is 0 Å². The molecule has 0 amide bonds. The van der Waals surface area contributed by atoms with Gasteiger partial charge in [-0.2, -0.15) is 31.4 Å². The van der Waals surface area contributed by atoms with Crippen LogP contribution in [0.3, 0.4) is 0 Å². The maximum absolute atomic E-state index is 13.4. The molecular weight excluding hydrogens is 486 g/mol. The van der Waals surface area contributed by atoms with Crippen molar-refractivity contribution in [1.29, 1.82) is 0 Å². The molecule has 1 saturated heterocycles. The molecule has 0 radical (unpaired) electrons. The van der Waals surface area contributed by atoms with Crippen LogP contribution in [-0.2, 0) is 25.9 Å². The van der Waals surface area contributed by atoms with Crippen LogP contribution in [0.2, 0.25) is 0 Å². The first-order chi connectivity index (χ1) is 16.8.